The number of methoxy groups -OCH3 is 1. The number of benzene rings is 2. The van der Waals surface area contributed by atoms with Crippen molar-refractivity contribution in [3.8, 4) is 11.5 Å². The molecule has 0 aliphatic rings. The highest BCUT2D eigenvalue weighted by atomic mass is 127. The third-order valence-corrected chi connectivity index (χ3v) is 3.79. The van der Waals surface area contributed by atoms with Crippen LogP contribution in [0.5, 0.6) is 11.5 Å². The number of guanidine groups is 1. The minimum Gasteiger partial charge on any atom is -0.508 e. The molecule has 25 heavy (non-hydrogen) atoms. The number of halogens is 2. The van der Waals surface area contributed by atoms with E-state index in [2.05, 4.69) is 15.6 Å². The zero-order valence-electron chi connectivity index (χ0n) is 14.3. The Kier molecular flexibility index (Phi) is 9.44. The first-order chi connectivity index (χ1) is 11.6. The molecule has 0 spiro atoms. The highest BCUT2D eigenvalue weighted by molar-refractivity contribution is 14.0. The van der Waals surface area contributed by atoms with Crippen LogP contribution in [0.4, 0.5) is 0 Å². The molecule has 7 heteroatoms. The molecule has 0 aliphatic carbocycles. The van der Waals surface area contributed by atoms with Crippen molar-refractivity contribution in [2.24, 2.45) is 4.99 Å². The van der Waals surface area contributed by atoms with Crippen LogP contribution in [-0.2, 0) is 13.0 Å². The number of ether oxygens (including phenoxy) is 1. The molecule has 0 amide bonds. The number of nitrogens with zero attached hydrogens (tertiary/aromatic N) is 1. The van der Waals surface area contributed by atoms with Gasteiger partial charge in [0.1, 0.15) is 11.5 Å². The van der Waals surface area contributed by atoms with E-state index in [0.29, 0.717) is 18.3 Å². The van der Waals surface area contributed by atoms with Crippen LogP contribution in [0, 0.1) is 0 Å². The molecule has 0 fully saturated rings. The van der Waals surface area contributed by atoms with Crippen LogP contribution in [0.3, 0.4) is 0 Å². The Balaban J connectivity index is 0.00000312. The summed E-state index contributed by atoms with van der Waals surface area (Å²) in [6.07, 6.45) is 0.839. The van der Waals surface area contributed by atoms with Gasteiger partial charge in [-0.25, -0.2) is 0 Å². The van der Waals surface area contributed by atoms with Gasteiger partial charge in [-0.15, -0.1) is 24.0 Å². The number of hydrogen-bond donors (Lipinski definition) is 3. The molecule has 0 aliphatic heterocycles. The van der Waals surface area contributed by atoms with Crippen molar-refractivity contribution in [2.45, 2.75) is 13.0 Å². The number of aliphatic imine (C=N–C) groups is 1. The minimum absolute atomic E-state index is 0. The molecule has 0 atom stereocenters. The van der Waals surface area contributed by atoms with Gasteiger partial charge in [0.15, 0.2) is 5.96 Å². The molecule has 136 valence electrons. The van der Waals surface area contributed by atoms with Crippen molar-refractivity contribution in [3.63, 3.8) is 0 Å². The van der Waals surface area contributed by atoms with Crippen LogP contribution >= 0.6 is 35.6 Å². The summed E-state index contributed by atoms with van der Waals surface area (Å²) < 4.78 is 5.17. The molecular weight excluding hydrogens is 453 g/mol. The molecule has 2 rings (SSSR count). The van der Waals surface area contributed by atoms with E-state index < -0.39 is 0 Å². The van der Waals surface area contributed by atoms with Gasteiger partial charge >= 0.3 is 0 Å². The Bertz CT molecular complexity index is 710. The largest absolute Gasteiger partial charge is 0.508 e. The predicted octanol–water partition coefficient (Wildman–Crippen LogP) is 3.58. The van der Waals surface area contributed by atoms with E-state index >= 15 is 0 Å². The minimum atomic E-state index is 0. The fourth-order valence-electron chi connectivity index (χ4n) is 2.25. The van der Waals surface area contributed by atoms with Crippen LogP contribution in [0.25, 0.3) is 0 Å². The van der Waals surface area contributed by atoms with E-state index in [-0.39, 0.29) is 29.7 Å². The Morgan fingerprint density at radius 2 is 2.00 bits per heavy atom. The van der Waals surface area contributed by atoms with E-state index in [4.69, 9.17) is 16.3 Å². The summed E-state index contributed by atoms with van der Waals surface area (Å²) in [7, 11) is 3.31. The Morgan fingerprint density at radius 1 is 1.20 bits per heavy atom. The fourth-order valence-corrected chi connectivity index (χ4v) is 2.46. The molecule has 2 aromatic rings. The molecule has 0 saturated carbocycles. The number of nitrogens with one attached hydrogen (secondary N) is 2. The van der Waals surface area contributed by atoms with E-state index in [1.165, 1.54) is 0 Å². The third-order valence-electron chi connectivity index (χ3n) is 3.55. The smallest absolute Gasteiger partial charge is 0.191 e. The van der Waals surface area contributed by atoms with Crippen LogP contribution < -0.4 is 15.4 Å². The quantitative estimate of drug-likeness (QED) is 0.339. The normalized spacial score (nSPS) is 10.8. The highest BCUT2D eigenvalue weighted by Crippen LogP contribution is 2.22. The topological polar surface area (TPSA) is 65.9 Å². The van der Waals surface area contributed by atoms with Gasteiger partial charge in [0.05, 0.1) is 7.11 Å². The molecular formula is C18H23ClIN3O2. The molecule has 0 unspecified atom stereocenters. The lowest BCUT2D eigenvalue weighted by molar-refractivity contribution is 0.410. The van der Waals surface area contributed by atoms with Crippen LogP contribution in [0.2, 0.25) is 5.02 Å². The van der Waals surface area contributed by atoms with Gasteiger partial charge in [0.2, 0.25) is 0 Å². The van der Waals surface area contributed by atoms with Crippen molar-refractivity contribution < 1.29 is 9.84 Å². The van der Waals surface area contributed by atoms with Gasteiger partial charge in [-0.1, -0.05) is 23.7 Å². The summed E-state index contributed by atoms with van der Waals surface area (Å²) in [6.45, 7) is 1.17. The molecule has 0 radical (unpaired) electrons. The Morgan fingerprint density at radius 3 is 2.68 bits per heavy atom. The third kappa shape index (κ3) is 6.99. The molecule has 0 aromatic heterocycles. The van der Waals surface area contributed by atoms with Gasteiger partial charge < -0.3 is 20.5 Å². The number of hydrogen-bond acceptors (Lipinski definition) is 3. The zero-order valence-corrected chi connectivity index (χ0v) is 17.3. The number of phenolic OH excluding ortho intramolecular Hbond substituents is 1. The van der Waals surface area contributed by atoms with E-state index in [0.717, 1.165) is 29.1 Å². The molecule has 2 aromatic carbocycles. The predicted molar refractivity (Wildman–Crippen MR) is 113 cm³/mol. The second-order valence-electron chi connectivity index (χ2n) is 5.23. The summed E-state index contributed by atoms with van der Waals surface area (Å²) in [5, 5.41) is 17.0. The Labute approximate surface area is 170 Å². The first kappa shape index (κ1) is 21.4. The average Bonchev–Trinajstić information content (AvgIpc) is 2.59. The maximum absolute atomic E-state index is 9.90. The van der Waals surface area contributed by atoms with Gasteiger partial charge in [-0.2, -0.15) is 0 Å². The van der Waals surface area contributed by atoms with Gasteiger partial charge in [0.25, 0.3) is 0 Å². The summed E-state index contributed by atoms with van der Waals surface area (Å²) in [4.78, 5) is 4.18. The van der Waals surface area contributed by atoms with Crippen molar-refractivity contribution in [1.29, 1.82) is 0 Å². The SMILES string of the molecule is CN=C(NCCc1cccc(Cl)c1)NCc1cc(OC)ccc1O.I. The summed E-state index contributed by atoms with van der Waals surface area (Å²) in [6, 6.07) is 12.9. The lowest BCUT2D eigenvalue weighted by atomic mass is 10.1. The summed E-state index contributed by atoms with van der Waals surface area (Å²) in [5.41, 5.74) is 1.91. The second kappa shape index (κ2) is 11.0. The number of phenols is 1. The Hall–Kier alpha value is -1.67. The van der Waals surface area contributed by atoms with Crippen LogP contribution in [0.15, 0.2) is 47.5 Å². The maximum Gasteiger partial charge on any atom is 0.191 e. The molecule has 0 heterocycles. The van der Waals surface area contributed by atoms with Crippen LogP contribution in [0.1, 0.15) is 11.1 Å². The van der Waals surface area contributed by atoms with Crippen LogP contribution in [-0.4, -0.2) is 31.8 Å². The second-order valence-corrected chi connectivity index (χ2v) is 5.66. The van der Waals surface area contributed by atoms with Crippen molar-refractivity contribution in [2.75, 3.05) is 20.7 Å². The average molecular weight is 476 g/mol. The lowest BCUT2D eigenvalue weighted by Gasteiger charge is -2.13. The van der Waals surface area contributed by atoms with E-state index in [9.17, 15) is 5.11 Å². The van der Waals surface area contributed by atoms with Gasteiger partial charge in [-0.05, 0) is 42.3 Å². The molecule has 0 bridgehead atoms. The van der Waals surface area contributed by atoms with Crippen molar-refractivity contribution in [3.05, 3.63) is 58.6 Å². The molecule has 0 saturated heterocycles. The van der Waals surface area contributed by atoms with Crippen molar-refractivity contribution in [1.82, 2.24) is 10.6 Å². The van der Waals surface area contributed by atoms with Crippen molar-refractivity contribution >= 4 is 41.5 Å². The monoisotopic (exact) mass is 475 g/mol. The van der Waals surface area contributed by atoms with E-state index in [1.54, 1.807) is 32.4 Å². The van der Waals surface area contributed by atoms with Gasteiger partial charge in [-0.3, -0.25) is 4.99 Å². The van der Waals surface area contributed by atoms with Gasteiger partial charge in [0, 0.05) is 30.7 Å². The first-order valence-electron chi connectivity index (χ1n) is 7.67. The standard InChI is InChI=1S/C18H22ClN3O2.HI/c1-20-18(21-9-8-13-4-3-5-15(19)10-13)22-12-14-11-16(24-2)6-7-17(14)23;/h3-7,10-11,23H,8-9,12H2,1-2H3,(H2,20,21,22);1H. The first-order valence-corrected chi connectivity index (χ1v) is 8.05. The molecule has 5 nitrogen and oxygen atoms in total. The summed E-state index contributed by atoms with van der Waals surface area (Å²) in [5.74, 6) is 1.59. The molecule has 3 N–H and O–H groups in total. The lowest BCUT2D eigenvalue weighted by Crippen LogP contribution is -2.37. The zero-order chi connectivity index (χ0) is 17.4. The summed E-state index contributed by atoms with van der Waals surface area (Å²) >= 11 is 5.98. The number of rotatable bonds is 6. The maximum atomic E-state index is 9.90. The van der Waals surface area contributed by atoms with E-state index in [1.807, 2.05) is 24.3 Å². The number of aromatic hydroxyl groups is 1. The highest BCUT2D eigenvalue weighted by Gasteiger charge is 2.05. The fraction of sp³-hybridized carbons (Fsp3) is 0.278.